The van der Waals surface area contributed by atoms with Crippen LogP contribution in [-0.2, 0) is 0 Å². The molecule has 0 radical (unpaired) electrons. The Morgan fingerprint density at radius 2 is 2.41 bits per heavy atom. The topological polar surface area (TPSA) is 53.2 Å². The molecular weight excluding hydrogens is 214 g/mol. The second kappa shape index (κ2) is 5.68. The number of hydrogen-bond donors (Lipinski definition) is 3. The lowest BCUT2D eigenvalue weighted by Crippen LogP contribution is -2.39. The number of urea groups is 1. The maximum absolute atomic E-state index is 11.6. The molecule has 2 amide bonds. The molecule has 1 aromatic carbocycles. The zero-order valence-corrected chi connectivity index (χ0v) is 10.1. The molecule has 1 heterocycles. The van der Waals surface area contributed by atoms with Crippen LogP contribution in [0.2, 0.25) is 0 Å². The quantitative estimate of drug-likeness (QED) is 0.746. The molecule has 0 saturated carbocycles. The lowest BCUT2D eigenvalue weighted by molar-refractivity contribution is 0.251. The molecule has 3 N–H and O–H groups in total. The number of aryl methyl sites for hydroxylation is 1. The Labute approximate surface area is 102 Å². The molecule has 1 atom stereocenters. The summed E-state index contributed by atoms with van der Waals surface area (Å²) in [6.07, 6.45) is 2.34. The number of hydrogen-bond acceptors (Lipinski definition) is 2. The summed E-state index contributed by atoms with van der Waals surface area (Å²) < 4.78 is 0. The molecule has 1 aromatic rings. The van der Waals surface area contributed by atoms with Gasteiger partial charge in [-0.1, -0.05) is 12.1 Å². The van der Waals surface area contributed by atoms with Crippen LogP contribution in [0.3, 0.4) is 0 Å². The Hall–Kier alpha value is -1.55. The van der Waals surface area contributed by atoms with Gasteiger partial charge < -0.3 is 16.0 Å². The maximum atomic E-state index is 11.6. The van der Waals surface area contributed by atoms with Crippen LogP contribution in [-0.4, -0.2) is 25.2 Å². The number of anilines is 1. The zero-order chi connectivity index (χ0) is 12.1. The van der Waals surface area contributed by atoms with E-state index in [1.165, 1.54) is 6.42 Å². The van der Waals surface area contributed by atoms with Crippen molar-refractivity contribution in [1.29, 1.82) is 0 Å². The van der Waals surface area contributed by atoms with Gasteiger partial charge in [0.2, 0.25) is 0 Å². The number of amides is 2. The smallest absolute Gasteiger partial charge is 0.319 e. The van der Waals surface area contributed by atoms with Crippen LogP contribution in [0.15, 0.2) is 24.3 Å². The number of rotatable bonds is 3. The molecule has 92 valence electrons. The lowest BCUT2D eigenvalue weighted by Gasteiger charge is -2.12. The Kier molecular flexibility index (Phi) is 3.98. The van der Waals surface area contributed by atoms with E-state index in [4.69, 9.17) is 0 Å². The van der Waals surface area contributed by atoms with Gasteiger partial charge in [0.15, 0.2) is 0 Å². The van der Waals surface area contributed by atoms with E-state index >= 15 is 0 Å². The van der Waals surface area contributed by atoms with Crippen molar-refractivity contribution in [2.45, 2.75) is 25.8 Å². The van der Waals surface area contributed by atoms with E-state index in [-0.39, 0.29) is 6.03 Å². The van der Waals surface area contributed by atoms with Gasteiger partial charge in [-0.3, -0.25) is 0 Å². The lowest BCUT2D eigenvalue weighted by atomic mass is 10.2. The molecule has 0 aliphatic carbocycles. The first-order valence-electron chi connectivity index (χ1n) is 6.09. The minimum atomic E-state index is -0.135. The van der Waals surface area contributed by atoms with Crippen LogP contribution >= 0.6 is 0 Å². The van der Waals surface area contributed by atoms with Gasteiger partial charge in [-0.2, -0.15) is 0 Å². The monoisotopic (exact) mass is 233 g/mol. The highest BCUT2D eigenvalue weighted by Crippen LogP contribution is 2.09. The molecule has 1 aliphatic heterocycles. The molecular formula is C13H19N3O. The Bertz CT molecular complexity index is 386. The molecule has 1 aliphatic rings. The Balaban J connectivity index is 1.76. The molecule has 0 aromatic heterocycles. The van der Waals surface area contributed by atoms with E-state index in [1.807, 2.05) is 31.2 Å². The molecule has 4 heteroatoms. The summed E-state index contributed by atoms with van der Waals surface area (Å²) in [6, 6.07) is 8.07. The van der Waals surface area contributed by atoms with Gasteiger partial charge >= 0.3 is 6.03 Å². The van der Waals surface area contributed by atoms with Crippen LogP contribution in [0, 0.1) is 6.92 Å². The van der Waals surface area contributed by atoms with Crippen molar-refractivity contribution in [3.8, 4) is 0 Å². The number of nitrogens with one attached hydrogen (secondary N) is 3. The standard InChI is InChI=1S/C13H19N3O/c1-10-4-2-5-11(8-10)16-13(17)15-9-12-6-3-7-14-12/h2,4-5,8,12,14H,3,6-7,9H2,1H3,(H2,15,16,17). The number of benzene rings is 1. The third kappa shape index (κ3) is 3.75. The summed E-state index contributed by atoms with van der Waals surface area (Å²) in [7, 11) is 0. The molecule has 0 spiro atoms. The fraction of sp³-hybridized carbons (Fsp3) is 0.462. The molecule has 4 nitrogen and oxygen atoms in total. The van der Waals surface area contributed by atoms with Crippen molar-refractivity contribution in [1.82, 2.24) is 10.6 Å². The van der Waals surface area contributed by atoms with E-state index in [2.05, 4.69) is 16.0 Å². The predicted molar refractivity (Wildman–Crippen MR) is 69.2 cm³/mol. The predicted octanol–water partition coefficient (Wildman–Crippen LogP) is 1.87. The summed E-state index contributed by atoms with van der Waals surface area (Å²) in [4.78, 5) is 11.6. The highest BCUT2D eigenvalue weighted by molar-refractivity contribution is 5.89. The first-order valence-corrected chi connectivity index (χ1v) is 6.09. The van der Waals surface area contributed by atoms with E-state index in [0.29, 0.717) is 12.6 Å². The van der Waals surface area contributed by atoms with Crippen LogP contribution in [0.25, 0.3) is 0 Å². The van der Waals surface area contributed by atoms with Gasteiger partial charge in [0.1, 0.15) is 0 Å². The van der Waals surface area contributed by atoms with E-state index in [0.717, 1.165) is 24.2 Å². The molecule has 1 saturated heterocycles. The van der Waals surface area contributed by atoms with Crippen molar-refractivity contribution < 1.29 is 4.79 Å². The van der Waals surface area contributed by atoms with Crippen molar-refractivity contribution in [2.75, 3.05) is 18.4 Å². The third-order valence-corrected chi connectivity index (χ3v) is 2.95. The van der Waals surface area contributed by atoms with Gasteiger partial charge in [0.25, 0.3) is 0 Å². The first-order chi connectivity index (χ1) is 8.24. The average molecular weight is 233 g/mol. The van der Waals surface area contributed by atoms with Gasteiger partial charge in [-0.15, -0.1) is 0 Å². The van der Waals surface area contributed by atoms with Crippen LogP contribution < -0.4 is 16.0 Å². The van der Waals surface area contributed by atoms with Crippen molar-refractivity contribution in [3.05, 3.63) is 29.8 Å². The molecule has 2 rings (SSSR count). The number of carbonyl (C=O) groups is 1. The van der Waals surface area contributed by atoms with Crippen molar-refractivity contribution >= 4 is 11.7 Å². The third-order valence-electron chi connectivity index (χ3n) is 2.95. The maximum Gasteiger partial charge on any atom is 0.319 e. The molecule has 17 heavy (non-hydrogen) atoms. The minimum Gasteiger partial charge on any atom is -0.336 e. The average Bonchev–Trinajstić information content (AvgIpc) is 2.79. The van der Waals surface area contributed by atoms with Crippen LogP contribution in [0.5, 0.6) is 0 Å². The largest absolute Gasteiger partial charge is 0.336 e. The van der Waals surface area contributed by atoms with Gasteiger partial charge in [-0.05, 0) is 44.0 Å². The summed E-state index contributed by atoms with van der Waals surface area (Å²) in [5.41, 5.74) is 1.97. The van der Waals surface area contributed by atoms with E-state index < -0.39 is 0 Å². The minimum absolute atomic E-state index is 0.135. The summed E-state index contributed by atoms with van der Waals surface area (Å²) in [5.74, 6) is 0. The van der Waals surface area contributed by atoms with Crippen molar-refractivity contribution in [3.63, 3.8) is 0 Å². The second-order valence-electron chi connectivity index (χ2n) is 4.50. The fourth-order valence-electron chi connectivity index (χ4n) is 2.04. The van der Waals surface area contributed by atoms with Crippen LogP contribution in [0.4, 0.5) is 10.5 Å². The summed E-state index contributed by atoms with van der Waals surface area (Å²) in [5, 5.41) is 9.05. The summed E-state index contributed by atoms with van der Waals surface area (Å²) >= 11 is 0. The zero-order valence-electron chi connectivity index (χ0n) is 10.1. The second-order valence-corrected chi connectivity index (χ2v) is 4.50. The SMILES string of the molecule is Cc1cccc(NC(=O)NCC2CCCN2)c1. The Morgan fingerprint density at radius 1 is 1.53 bits per heavy atom. The summed E-state index contributed by atoms with van der Waals surface area (Å²) in [6.45, 7) is 3.76. The number of carbonyl (C=O) groups excluding carboxylic acids is 1. The Morgan fingerprint density at radius 3 is 3.12 bits per heavy atom. The fourth-order valence-corrected chi connectivity index (χ4v) is 2.04. The molecule has 0 bridgehead atoms. The van der Waals surface area contributed by atoms with Crippen molar-refractivity contribution in [2.24, 2.45) is 0 Å². The van der Waals surface area contributed by atoms with Crippen LogP contribution in [0.1, 0.15) is 18.4 Å². The van der Waals surface area contributed by atoms with Gasteiger partial charge in [-0.25, -0.2) is 4.79 Å². The van der Waals surface area contributed by atoms with Gasteiger partial charge in [0, 0.05) is 18.3 Å². The van der Waals surface area contributed by atoms with E-state index in [1.54, 1.807) is 0 Å². The first kappa shape index (κ1) is 11.9. The van der Waals surface area contributed by atoms with Gasteiger partial charge in [0.05, 0.1) is 0 Å². The highest BCUT2D eigenvalue weighted by Gasteiger charge is 2.14. The molecule has 1 unspecified atom stereocenters. The van der Waals surface area contributed by atoms with E-state index in [9.17, 15) is 4.79 Å². The molecule has 1 fully saturated rings. The normalized spacial score (nSPS) is 19.0. The highest BCUT2D eigenvalue weighted by atomic mass is 16.2.